The van der Waals surface area contributed by atoms with Gasteiger partial charge in [0, 0.05) is 12.3 Å². The highest BCUT2D eigenvalue weighted by Gasteiger charge is 2.21. The van der Waals surface area contributed by atoms with E-state index >= 15 is 0 Å². The number of nitrogens with one attached hydrogen (secondary N) is 1. The van der Waals surface area contributed by atoms with Crippen molar-refractivity contribution in [3.05, 3.63) is 16.1 Å². The van der Waals surface area contributed by atoms with Crippen LogP contribution in [0.4, 0.5) is 0 Å². The van der Waals surface area contributed by atoms with Crippen LogP contribution in [0.2, 0.25) is 0 Å². The van der Waals surface area contributed by atoms with E-state index in [0.29, 0.717) is 12.3 Å². The van der Waals surface area contributed by atoms with E-state index < -0.39 is 0 Å². The lowest BCUT2D eigenvalue weighted by atomic mass is 10.1. The Morgan fingerprint density at radius 3 is 2.79 bits per heavy atom. The molecule has 0 radical (unpaired) electrons. The molecule has 0 aliphatic heterocycles. The third-order valence-electron chi connectivity index (χ3n) is 2.85. The zero-order valence-electron chi connectivity index (χ0n) is 8.09. The first kappa shape index (κ1) is 10.2. The van der Waals surface area contributed by atoms with Crippen LogP contribution < -0.4 is 0 Å². The number of H-pyrrole nitrogens is 1. The summed E-state index contributed by atoms with van der Waals surface area (Å²) >= 11 is 3.47. The molecule has 4 heteroatoms. The van der Waals surface area contributed by atoms with Crippen molar-refractivity contribution in [3.8, 4) is 0 Å². The van der Waals surface area contributed by atoms with E-state index in [1.54, 1.807) is 0 Å². The SMILES string of the molecule is OCCc1nc(Br)c(C2CCCC2)[nH]1. The largest absolute Gasteiger partial charge is 0.396 e. The van der Waals surface area contributed by atoms with Gasteiger partial charge in [0.2, 0.25) is 0 Å². The molecule has 0 amide bonds. The predicted octanol–water partition coefficient (Wildman–Crippen LogP) is 2.36. The van der Waals surface area contributed by atoms with Gasteiger partial charge in [-0.2, -0.15) is 0 Å². The zero-order valence-corrected chi connectivity index (χ0v) is 9.68. The summed E-state index contributed by atoms with van der Waals surface area (Å²) < 4.78 is 0.938. The summed E-state index contributed by atoms with van der Waals surface area (Å²) in [6.45, 7) is 0.157. The number of aliphatic hydroxyl groups is 1. The summed E-state index contributed by atoms with van der Waals surface area (Å²) in [5.74, 6) is 1.53. The van der Waals surface area contributed by atoms with Crippen LogP contribution in [0.25, 0.3) is 0 Å². The van der Waals surface area contributed by atoms with E-state index in [1.165, 1.54) is 31.4 Å². The van der Waals surface area contributed by atoms with Gasteiger partial charge in [-0.05, 0) is 28.8 Å². The Hall–Kier alpha value is -0.350. The second kappa shape index (κ2) is 4.45. The molecule has 0 bridgehead atoms. The number of aliphatic hydroxyl groups excluding tert-OH is 1. The molecule has 0 aromatic carbocycles. The van der Waals surface area contributed by atoms with Crippen molar-refractivity contribution < 1.29 is 5.11 Å². The lowest BCUT2D eigenvalue weighted by Crippen LogP contribution is -1.95. The number of hydrogen-bond acceptors (Lipinski definition) is 2. The fraction of sp³-hybridized carbons (Fsp3) is 0.700. The highest BCUT2D eigenvalue weighted by atomic mass is 79.9. The van der Waals surface area contributed by atoms with Crippen molar-refractivity contribution in [1.82, 2.24) is 9.97 Å². The normalized spacial score (nSPS) is 17.9. The smallest absolute Gasteiger partial charge is 0.127 e. The molecular weight excluding hydrogens is 244 g/mol. The van der Waals surface area contributed by atoms with Crippen LogP contribution in [-0.4, -0.2) is 21.7 Å². The number of hydrogen-bond donors (Lipinski definition) is 2. The van der Waals surface area contributed by atoms with Crippen LogP contribution in [0.3, 0.4) is 0 Å². The summed E-state index contributed by atoms with van der Waals surface area (Å²) in [6.07, 6.45) is 5.79. The summed E-state index contributed by atoms with van der Waals surface area (Å²) in [5.41, 5.74) is 1.23. The third-order valence-corrected chi connectivity index (χ3v) is 3.45. The minimum Gasteiger partial charge on any atom is -0.396 e. The van der Waals surface area contributed by atoms with Crippen molar-refractivity contribution in [2.45, 2.75) is 38.0 Å². The maximum absolute atomic E-state index is 8.81. The van der Waals surface area contributed by atoms with Gasteiger partial charge in [0.05, 0.1) is 12.3 Å². The van der Waals surface area contributed by atoms with Gasteiger partial charge in [0.15, 0.2) is 0 Å². The van der Waals surface area contributed by atoms with Crippen molar-refractivity contribution in [2.75, 3.05) is 6.61 Å². The molecule has 1 aromatic heterocycles. The van der Waals surface area contributed by atoms with E-state index in [1.807, 2.05) is 0 Å². The van der Waals surface area contributed by atoms with E-state index in [4.69, 9.17) is 5.11 Å². The molecule has 1 saturated carbocycles. The topological polar surface area (TPSA) is 48.9 Å². The average molecular weight is 259 g/mol. The fourth-order valence-corrected chi connectivity index (χ4v) is 2.76. The number of rotatable bonds is 3. The highest BCUT2D eigenvalue weighted by Crippen LogP contribution is 2.36. The van der Waals surface area contributed by atoms with Crippen LogP contribution in [0.5, 0.6) is 0 Å². The highest BCUT2D eigenvalue weighted by molar-refractivity contribution is 9.10. The van der Waals surface area contributed by atoms with Gasteiger partial charge in [0.1, 0.15) is 10.4 Å². The number of imidazole rings is 1. The Bertz CT molecular complexity index is 305. The molecule has 0 saturated heterocycles. The molecule has 1 aromatic rings. The third kappa shape index (κ3) is 2.01. The predicted molar refractivity (Wildman–Crippen MR) is 58.3 cm³/mol. The van der Waals surface area contributed by atoms with Crippen LogP contribution in [0, 0.1) is 0 Å². The van der Waals surface area contributed by atoms with Gasteiger partial charge in [0.25, 0.3) is 0 Å². The molecule has 0 atom stereocenters. The molecule has 1 heterocycles. The average Bonchev–Trinajstić information content (AvgIpc) is 2.74. The van der Waals surface area contributed by atoms with Crippen molar-refractivity contribution in [3.63, 3.8) is 0 Å². The van der Waals surface area contributed by atoms with Crippen LogP contribution >= 0.6 is 15.9 Å². The van der Waals surface area contributed by atoms with Crippen LogP contribution in [0.1, 0.15) is 43.1 Å². The number of aromatic nitrogens is 2. The molecule has 0 spiro atoms. The number of halogens is 1. The van der Waals surface area contributed by atoms with E-state index in [0.717, 1.165) is 10.4 Å². The molecule has 78 valence electrons. The lowest BCUT2D eigenvalue weighted by molar-refractivity contribution is 0.297. The lowest BCUT2D eigenvalue weighted by Gasteiger charge is -2.05. The van der Waals surface area contributed by atoms with Gasteiger partial charge in [-0.1, -0.05) is 12.8 Å². The first-order chi connectivity index (χ1) is 6.81. The quantitative estimate of drug-likeness (QED) is 0.875. The van der Waals surface area contributed by atoms with E-state index in [9.17, 15) is 0 Å². The first-order valence-corrected chi connectivity index (χ1v) is 5.95. The molecule has 1 aliphatic rings. The van der Waals surface area contributed by atoms with Crippen molar-refractivity contribution >= 4 is 15.9 Å². The summed E-state index contributed by atoms with van der Waals surface area (Å²) in [4.78, 5) is 7.65. The van der Waals surface area contributed by atoms with Crippen LogP contribution in [-0.2, 0) is 6.42 Å². The van der Waals surface area contributed by atoms with Gasteiger partial charge in [-0.25, -0.2) is 4.98 Å². The second-order valence-corrected chi connectivity index (χ2v) is 4.59. The minimum atomic E-state index is 0.157. The Balaban J connectivity index is 2.15. The van der Waals surface area contributed by atoms with Crippen molar-refractivity contribution in [1.29, 1.82) is 0 Å². The van der Waals surface area contributed by atoms with Gasteiger partial charge in [-0.3, -0.25) is 0 Å². The standard InChI is InChI=1S/C10H15BrN2O/c11-10-9(7-3-1-2-4-7)12-8(13-10)5-6-14/h7,14H,1-6H2,(H,12,13). The number of nitrogens with zero attached hydrogens (tertiary/aromatic N) is 1. The Morgan fingerprint density at radius 2 is 2.14 bits per heavy atom. The summed E-state index contributed by atoms with van der Waals surface area (Å²) in [6, 6.07) is 0. The molecule has 1 aliphatic carbocycles. The minimum absolute atomic E-state index is 0.157. The summed E-state index contributed by atoms with van der Waals surface area (Å²) in [7, 11) is 0. The fourth-order valence-electron chi connectivity index (χ4n) is 2.12. The molecular formula is C10H15BrN2O. The molecule has 2 N–H and O–H groups in total. The zero-order chi connectivity index (χ0) is 9.97. The summed E-state index contributed by atoms with van der Waals surface area (Å²) in [5, 5.41) is 8.81. The Kier molecular flexibility index (Phi) is 3.23. The maximum atomic E-state index is 8.81. The van der Waals surface area contributed by atoms with E-state index in [-0.39, 0.29) is 6.61 Å². The maximum Gasteiger partial charge on any atom is 0.127 e. The molecule has 3 nitrogen and oxygen atoms in total. The van der Waals surface area contributed by atoms with Crippen LogP contribution in [0.15, 0.2) is 4.60 Å². The molecule has 0 unspecified atom stereocenters. The molecule has 2 rings (SSSR count). The van der Waals surface area contributed by atoms with Gasteiger partial charge in [-0.15, -0.1) is 0 Å². The monoisotopic (exact) mass is 258 g/mol. The molecule has 14 heavy (non-hydrogen) atoms. The Morgan fingerprint density at radius 1 is 1.43 bits per heavy atom. The number of aromatic amines is 1. The van der Waals surface area contributed by atoms with Gasteiger partial charge < -0.3 is 10.1 Å². The van der Waals surface area contributed by atoms with Crippen molar-refractivity contribution in [2.24, 2.45) is 0 Å². The first-order valence-electron chi connectivity index (χ1n) is 5.16. The van der Waals surface area contributed by atoms with E-state index in [2.05, 4.69) is 25.9 Å². The van der Waals surface area contributed by atoms with Gasteiger partial charge >= 0.3 is 0 Å². The Labute approximate surface area is 92.1 Å². The molecule has 1 fully saturated rings. The second-order valence-electron chi connectivity index (χ2n) is 3.84.